The fourth-order valence-corrected chi connectivity index (χ4v) is 4.83. The molecule has 0 saturated heterocycles. The third kappa shape index (κ3) is 8.34. The second-order valence-corrected chi connectivity index (χ2v) is 17.4. The maximum absolute atomic E-state index is 13.9. The number of rotatable bonds is 9. The molecule has 1 N–H and O–H groups in total. The zero-order valence-electron chi connectivity index (χ0n) is 21.5. The number of pyridine rings is 1. The molecular formula is C25H33BrF2N4O3Si. The summed E-state index contributed by atoms with van der Waals surface area (Å²) in [6, 6.07) is 5.37. The Kier molecular flexibility index (Phi) is 8.89. The minimum atomic E-state index is -1.22. The van der Waals surface area contributed by atoms with E-state index in [4.69, 9.17) is 14.5 Å². The van der Waals surface area contributed by atoms with Crippen LogP contribution in [0.2, 0.25) is 25.7 Å². The van der Waals surface area contributed by atoms with Crippen LogP contribution in [0.25, 0.3) is 11.2 Å². The Morgan fingerprint density at radius 2 is 1.83 bits per heavy atom. The Morgan fingerprint density at radius 1 is 1.17 bits per heavy atom. The van der Waals surface area contributed by atoms with Gasteiger partial charge in [-0.3, -0.25) is 4.57 Å². The molecule has 3 aromatic rings. The van der Waals surface area contributed by atoms with Gasteiger partial charge in [0.1, 0.15) is 29.5 Å². The normalized spacial score (nSPS) is 13.1. The first-order valence-electron chi connectivity index (χ1n) is 11.7. The molecule has 0 aliphatic heterocycles. The van der Waals surface area contributed by atoms with Crippen LogP contribution in [0.1, 0.15) is 38.1 Å². The summed E-state index contributed by atoms with van der Waals surface area (Å²) in [4.78, 5) is 21.8. The first-order valence-corrected chi connectivity index (χ1v) is 16.2. The van der Waals surface area contributed by atoms with Gasteiger partial charge in [-0.05, 0) is 72.9 Å². The third-order valence-electron chi connectivity index (χ3n) is 5.18. The van der Waals surface area contributed by atoms with E-state index >= 15 is 0 Å². The number of nitrogens with zero attached hydrogens (tertiary/aromatic N) is 3. The standard InChI is InChI=1S/C25H33BrF2N4O3Si/c1-25(2,3)35-24(33)30-20(11-16-9-17(27)12-18(28)10-16)22-19(26)13-21-23(31-22)32(14-29-21)15-34-7-8-36(4,5)6/h9-10,12-14,20H,7-8,11,15H2,1-6H3,(H,30,33). The molecular weight excluding hydrogens is 550 g/mol. The van der Waals surface area contributed by atoms with E-state index in [1.165, 1.54) is 12.1 Å². The summed E-state index contributed by atoms with van der Waals surface area (Å²) in [5, 5.41) is 2.81. The summed E-state index contributed by atoms with van der Waals surface area (Å²) in [6.45, 7) is 13.1. The smallest absolute Gasteiger partial charge is 0.408 e. The van der Waals surface area contributed by atoms with Gasteiger partial charge in [0.25, 0.3) is 0 Å². The molecule has 2 heterocycles. The van der Waals surface area contributed by atoms with E-state index in [0.29, 0.717) is 33.5 Å². The molecule has 196 valence electrons. The second-order valence-electron chi connectivity index (χ2n) is 10.9. The third-order valence-corrected chi connectivity index (χ3v) is 7.52. The summed E-state index contributed by atoms with van der Waals surface area (Å²) in [5.41, 5.74) is 1.34. The summed E-state index contributed by atoms with van der Waals surface area (Å²) in [6.07, 6.45) is 1.08. The molecule has 11 heteroatoms. The van der Waals surface area contributed by atoms with E-state index in [9.17, 15) is 13.6 Å². The van der Waals surface area contributed by atoms with Crippen molar-refractivity contribution >= 4 is 41.3 Å². The topological polar surface area (TPSA) is 78.3 Å². The van der Waals surface area contributed by atoms with Gasteiger partial charge in [0, 0.05) is 25.2 Å². The van der Waals surface area contributed by atoms with Crippen LogP contribution in [-0.4, -0.2) is 40.9 Å². The summed E-state index contributed by atoms with van der Waals surface area (Å²) in [7, 11) is -1.22. The van der Waals surface area contributed by atoms with Gasteiger partial charge in [-0.25, -0.2) is 23.5 Å². The van der Waals surface area contributed by atoms with E-state index in [1.54, 1.807) is 37.7 Å². The lowest BCUT2D eigenvalue weighted by Crippen LogP contribution is -2.36. The number of fused-ring (bicyclic) bond motifs is 1. The van der Waals surface area contributed by atoms with Crippen molar-refractivity contribution in [1.29, 1.82) is 0 Å². The predicted molar refractivity (Wildman–Crippen MR) is 142 cm³/mol. The summed E-state index contributed by atoms with van der Waals surface area (Å²) >= 11 is 3.53. The summed E-state index contributed by atoms with van der Waals surface area (Å²) < 4.78 is 41.5. The average molecular weight is 584 g/mol. The maximum Gasteiger partial charge on any atom is 0.408 e. The van der Waals surface area contributed by atoms with Crippen LogP contribution >= 0.6 is 15.9 Å². The summed E-state index contributed by atoms with van der Waals surface area (Å²) in [5.74, 6) is -1.39. The zero-order chi connectivity index (χ0) is 26.7. The molecule has 1 amide bonds. The number of amides is 1. The molecule has 0 bridgehead atoms. The fraction of sp³-hybridized carbons (Fsp3) is 0.480. The van der Waals surface area contributed by atoms with E-state index in [-0.39, 0.29) is 13.2 Å². The molecule has 7 nitrogen and oxygen atoms in total. The molecule has 0 fully saturated rings. The van der Waals surface area contributed by atoms with Crippen molar-refractivity contribution in [2.75, 3.05) is 6.61 Å². The van der Waals surface area contributed by atoms with Crippen molar-refractivity contribution in [3.8, 4) is 0 Å². The van der Waals surface area contributed by atoms with Gasteiger partial charge in [0.2, 0.25) is 0 Å². The number of halogens is 3. The highest BCUT2D eigenvalue weighted by Gasteiger charge is 2.25. The molecule has 0 aliphatic carbocycles. The van der Waals surface area contributed by atoms with Gasteiger partial charge in [-0.1, -0.05) is 19.6 Å². The van der Waals surface area contributed by atoms with Crippen LogP contribution in [0.3, 0.4) is 0 Å². The van der Waals surface area contributed by atoms with Crippen molar-refractivity contribution in [2.24, 2.45) is 0 Å². The van der Waals surface area contributed by atoms with Crippen LogP contribution < -0.4 is 5.32 Å². The monoisotopic (exact) mass is 582 g/mol. The van der Waals surface area contributed by atoms with Gasteiger partial charge in [-0.15, -0.1) is 0 Å². The first kappa shape index (κ1) is 28.2. The highest BCUT2D eigenvalue weighted by atomic mass is 79.9. The lowest BCUT2D eigenvalue weighted by molar-refractivity contribution is 0.0502. The van der Waals surface area contributed by atoms with Crippen LogP contribution in [0.15, 0.2) is 35.1 Å². The van der Waals surface area contributed by atoms with Gasteiger partial charge in [0.05, 0.1) is 18.1 Å². The van der Waals surface area contributed by atoms with Crippen LogP contribution in [-0.2, 0) is 22.6 Å². The minimum absolute atomic E-state index is 0.0892. The van der Waals surface area contributed by atoms with Crippen molar-refractivity contribution in [3.05, 3.63) is 58.0 Å². The number of hydrogen-bond donors (Lipinski definition) is 1. The Morgan fingerprint density at radius 3 is 2.44 bits per heavy atom. The number of imidazole rings is 1. The molecule has 1 atom stereocenters. The molecule has 3 rings (SSSR count). The quantitative estimate of drug-likeness (QED) is 0.227. The van der Waals surface area contributed by atoms with Crippen molar-refractivity contribution < 1.29 is 23.0 Å². The van der Waals surface area contributed by atoms with Crippen LogP contribution in [0, 0.1) is 11.6 Å². The van der Waals surface area contributed by atoms with Gasteiger partial charge in [-0.2, -0.15) is 0 Å². The maximum atomic E-state index is 13.9. The van der Waals surface area contributed by atoms with E-state index < -0.39 is 37.4 Å². The molecule has 0 radical (unpaired) electrons. The van der Waals surface area contributed by atoms with Gasteiger partial charge < -0.3 is 14.8 Å². The largest absolute Gasteiger partial charge is 0.444 e. The lowest BCUT2D eigenvalue weighted by atomic mass is 10.0. The number of nitrogens with one attached hydrogen (secondary N) is 1. The minimum Gasteiger partial charge on any atom is -0.444 e. The second kappa shape index (κ2) is 11.3. The van der Waals surface area contributed by atoms with Crippen LogP contribution in [0.5, 0.6) is 0 Å². The Hall–Kier alpha value is -2.37. The zero-order valence-corrected chi connectivity index (χ0v) is 24.1. The van der Waals surface area contributed by atoms with E-state index in [1.807, 2.05) is 0 Å². The molecule has 36 heavy (non-hydrogen) atoms. The molecule has 2 aromatic heterocycles. The number of carbonyl (C=O) groups excluding carboxylic acids is 1. The molecule has 0 saturated carbocycles. The molecule has 0 aliphatic rings. The van der Waals surface area contributed by atoms with Crippen molar-refractivity contribution in [2.45, 2.75) is 71.3 Å². The lowest BCUT2D eigenvalue weighted by Gasteiger charge is -2.24. The van der Waals surface area contributed by atoms with Crippen molar-refractivity contribution in [3.63, 3.8) is 0 Å². The van der Waals surface area contributed by atoms with Gasteiger partial charge in [0.15, 0.2) is 5.65 Å². The average Bonchev–Trinajstić information content (AvgIpc) is 3.09. The number of alkyl carbamates (subject to hydrolysis) is 1. The van der Waals surface area contributed by atoms with E-state index in [0.717, 1.165) is 12.1 Å². The number of carbonyl (C=O) groups is 1. The Bertz CT molecular complexity index is 1200. The van der Waals surface area contributed by atoms with Crippen molar-refractivity contribution in [1.82, 2.24) is 19.9 Å². The molecule has 1 unspecified atom stereocenters. The fourth-order valence-electron chi connectivity index (χ4n) is 3.49. The Balaban J connectivity index is 1.93. The highest BCUT2D eigenvalue weighted by Crippen LogP contribution is 2.29. The number of ether oxygens (including phenoxy) is 2. The number of aromatic nitrogens is 3. The highest BCUT2D eigenvalue weighted by molar-refractivity contribution is 9.10. The predicted octanol–water partition coefficient (Wildman–Crippen LogP) is 6.59. The van der Waals surface area contributed by atoms with E-state index in [2.05, 4.69) is 45.9 Å². The first-order chi connectivity index (χ1) is 16.7. The number of hydrogen-bond acceptors (Lipinski definition) is 5. The molecule has 1 aromatic carbocycles. The van der Waals surface area contributed by atoms with Gasteiger partial charge >= 0.3 is 6.09 Å². The SMILES string of the molecule is CC(C)(C)OC(=O)NC(Cc1cc(F)cc(F)c1)c1nc2c(cc1Br)ncn2COCC[Si](C)(C)C. The van der Waals surface area contributed by atoms with Crippen LogP contribution in [0.4, 0.5) is 13.6 Å². The Labute approximate surface area is 219 Å². The molecule has 0 spiro atoms. The number of benzene rings is 1.